The van der Waals surface area contributed by atoms with Crippen LogP contribution in [0, 0.1) is 5.92 Å². The minimum absolute atomic E-state index is 0.0855. The molecule has 0 bridgehead atoms. The van der Waals surface area contributed by atoms with Crippen LogP contribution in [0.1, 0.15) is 53.4 Å². The Bertz CT molecular complexity index is 189. The SMILES string of the molecule is CCC1C(O)CCN(CC)C1(CC)CC. The lowest BCUT2D eigenvalue weighted by Crippen LogP contribution is -2.60. The summed E-state index contributed by atoms with van der Waals surface area (Å²) in [7, 11) is 0. The third-order valence-corrected chi connectivity index (χ3v) is 4.53. The van der Waals surface area contributed by atoms with Gasteiger partial charge in [0.05, 0.1) is 6.10 Å². The van der Waals surface area contributed by atoms with Crippen LogP contribution in [0.4, 0.5) is 0 Å². The first-order valence-corrected chi connectivity index (χ1v) is 6.59. The smallest absolute Gasteiger partial charge is 0.0598 e. The Labute approximate surface area is 94.7 Å². The van der Waals surface area contributed by atoms with Crippen LogP contribution in [-0.4, -0.2) is 34.7 Å². The quantitative estimate of drug-likeness (QED) is 0.776. The second-order valence-corrected chi connectivity index (χ2v) is 4.76. The van der Waals surface area contributed by atoms with Gasteiger partial charge in [-0.1, -0.05) is 27.7 Å². The normalized spacial score (nSPS) is 31.8. The van der Waals surface area contributed by atoms with Crippen molar-refractivity contribution < 1.29 is 5.11 Å². The fourth-order valence-electron chi connectivity index (χ4n) is 3.65. The van der Waals surface area contributed by atoms with Crippen molar-refractivity contribution in [3.05, 3.63) is 0 Å². The molecule has 2 unspecified atom stereocenters. The van der Waals surface area contributed by atoms with Crippen molar-refractivity contribution in [3.8, 4) is 0 Å². The number of piperidine rings is 1. The van der Waals surface area contributed by atoms with E-state index in [1.54, 1.807) is 0 Å². The molecule has 0 amide bonds. The summed E-state index contributed by atoms with van der Waals surface area (Å²) < 4.78 is 0. The van der Waals surface area contributed by atoms with Crippen LogP contribution in [0.15, 0.2) is 0 Å². The molecule has 0 aromatic rings. The molecule has 0 aromatic heterocycles. The number of hydrogen-bond acceptors (Lipinski definition) is 2. The molecular formula is C13H27NO. The standard InChI is InChI=1S/C13H27NO/c1-5-11-12(15)9-10-14(8-4)13(11,6-2)7-3/h11-12,15H,5-10H2,1-4H3. The Hall–Kier alpha value is -0.0800. The number of likely N-dealkylation sites (tertiary alicyclic amines) is 1. The van der Waals surface area contributed by atoms with Crippen molar-refractivity contribution in [2.45, 2.75) is 65.0 Å². The number of aliphatic hydroxyl groups is 1. The fourth-order valence-corrected chi connectivity index (χ4v) is 3.65. The minimum Gasteiger partial charge on any atom is -0.393 e. The van der Waals surface area contributed by atoms with Crippen molar-refractivity contribution in [2.75, 3.05) is 13.1 Å². The molecule has 1 saturated heterocycles. The molecule has 1 heterocycles. The summed E-state index contributed by atoms with van der Waals surface area (Å²) in [6.45, 7) is 11.2. The van der Waals surface area contributed by atoms with E-state index < -0.39 is 0 Å². The van der Waals surface area contributed by atoms with Crippen molar-refractivity contribution in [2.24, 2.45) is 5.92 Å². The summed E-state index contributed by atoms with van der Waals surface area (Å²) in [5.74, 6) is 0.459. The molecule has 15 heavy (non-hydrogen) atoms. The lowest BCUT2D eigenvalue weighted by atomic mass is 9.70. The van der Waals surface area contributed by atoms with Gasteiger partial charge in [0, 0.05) is 18.0 Å². The molecule has 0 aromatic carbocycles. The van der Waals surface area contributed by atoms with Crippen LogP contribution in [0.2, 0.25) is 0 Å². The molecular weight excluding hydrogens is 186 g/mol. The summed E-state index contributed by atoms with van der Waals surface area (Å²) in [4.78, 5) is 2.59. The lowest BCUT2D eigenvalue weighted by Gasteiger charge is -2.53. The Kier molecular flexibility index (Phi) is 4.60. The zero-order valence-corrected chi connectivity index (χ0v) is 10.8. The maximum Gasteiger partial charge on any atom is 0.0598 e. The Balaban J connectivity index is 2.96. The zero-order chi connectivity index (χ0) is 11.5. The molecule has 1 aliphatic rings. The predicted molar refractivity (Wildman–Crippen MR) is 65.0 cm³/mol. The van der Waals surface area contributed by atoms with Crippen LogP contribution >= 0.6 is 0 Å². The summed E-state index contributed by atoms with van der Waals surface area (Å²) in [5, 5.41) is 10.2. The monoisotopic (exact) mass is 213 g/mol. The maximum absolute atomic E-state index is 10.2. The Morgan fingerprint density at radius 1 is 1.20 bits per heavy atom. The average Bonchev–Trinajstić information content (AvgIpc) is 2.28. The molecule has 0 spiro atoms. The molecule has 2 nitrogen and oxygen atoms in total. The summed E-state index contributed by atoms with van der Waals surface area (Å²) in [6.07, 6.45) is 4.28. The van der Waals surface area contributed by atoms with E-state index in [0.29, 0.717) is 5.92 Å². The van der Waals surface area contributed by atoms with Crippen molar-refractivity contribution >= 4 is 0 Å². The second-order valence-electron chi connectivity index (χ2n) is 4.76. The van der Waals surface area contributed by atoms with Gasteiger partial charge < -0.3 is 5.11 Å². The van der Waals surface area contributed by atoms with Crippen LogP contribution in [0.25, 0.3) is 0 Å². The maximum atomic E-state index is 10.2. The molecule has 1 fully saturated rings. The van der Waals surface area contributed by atoms with E-state index in [2.05, 4.69) is 32.6 Å². The van der Waals surface area contributed by atoms with Gasteiger partial charge in [0.15, 0.2) is 0 Å². The number of nitrogens with zero attached hydrogens (tertiary/aromatic N) is 1. The van der Waals surface area contributed by atoms with Gasteiger partial charge in [0.25, 0.3) is 0 Å². The molecule has 1 rings (SSSR count). The first-order chi connectivity index (χ1) is 7.16. The van der Waals surface area contributed by atoms with E-state index in [-0.39, 0.29) is 11.6 Å². The van der Waals surface area contributed by atoms with E-state index in [1.807, 2.05) is 0 Å². The van der Waals surface area contributed by atoms with Gasteiger partial charge in [0.2, 0.25) is 0 Å². The average molecular weight is 213 g/mol. The zero-order valence-electron chi connectivity index (χ0n) is 10.8. The second kappa shape index (κ2) is 5.31. The Morgan fingerprint density at radius 3 is 2.20 bits per heavy atom. The molecule has 0 radical (unpaired) electrons. The van der Waals surface area contributed by atoms with Crippen LogP contribution in [0.5, 0.6) is 0 Å². The molecule has 90 valence electrons. The highest BCUT2D eigenvalue weighted by molar-refractivity contribution is 5.00. The third kappa shape index (κ3) is 2.07. The third-order valence-electron chi connectivity index (χ3n) is 4.53. The highest BCUT2D eigenvalue weighted by Crippen LogP contribution is 2.40. The van der Waals surface area contributed by atoms with Gasteiger partial charge in [-0.05, 0) is 32.2 Å². The van der Waals surface area contributed by atoms with Crippen LogP contribution in [0.3, 0.4) is 0 Å². The van der Waals surface area contributed by atoms with E-state index in [0.717, 1.165) is 38.8 Å². The van der Waals surface area contributed by atoms with E-state index in [4.69, 9.17) is 0 Å². The molecule has 1 aliphatic heterocycles. The fraction of sp³-hybridized carbons (Fsp3) is 1.00. The lowest BCUT2D eigenvalue weighted by molar-refractivity contribution is -0.0827. The highest BCUT2D eigenvalue weighted by Gasteiger charge is 2.45. The molecule has 0 aliphatic carbocycles. The first kappa shape index (κ1) is 13.0. The van der Waals surface area contributed by atoms with Crippen LogP contribution in [-0.2, 0) is 0 Å². The van der Waals surface area contributed by atoms with Gasteiger partial charge in [0.1, 0.15) is 0 Å². The van der Waals surface area contributed by atoms with Crippen molar-refractivity contribution in [1.82, 2.24) is 4.90 Å². The predicted octanol–water partition coefficient (Wildman–Crippen LogP) is 2.66. The van der Waals surface area contributed by atoms with Crippen molar-refractivity contribution in [3.63, 3.8) is 0 Å². The van der Waals surface area contributed by atoms with E-state index >= 15 is 0 Å². The van der Waals surface area contributed by atoms with Crippen LogP contribution < -0.4 is 0 Å². The Morgan fingerprint density at radius 2 is 1.80 bits per heavy atom. The summed E-state index contributed by atoms with van der Waals surface area (Å²) in [6, 6.07) is 0. The van der Waals surface area contributed by atoms with E-state index in [1.165, 1.54) is 0 Å². The highest BCUT2D eigenvalue weighted by atomic mass is 16.3. The topological polar surface area (TPSA) is 23.5 Å². The van der Waals surface area contributed by atoms with Gasteiger partial charge in [-0.15, -0.1) is 0 Å². The molecule has 1 N–H and O–H groups in total. The summed E-state index contributed by atoms with van der Waals surface area (Å²) >= 11 is 0. The first-order valence-electron chi connectivity index (χ1n) is 6.59. The van der Waals surface area contributed by atoms with Gasteiger partial charge in [-0.3, -0.25) is 4.90 Å². The molecule has 2 atom stereocenters. The number of rotatable bonds is 4. The molecule has 0 saturated carbocycles. The van der Waals surface area contributed by atoms with Gasteiger partial charge in [-0.25, -0.2) is 0 Å². The molecule has 2 heteroatoms. The minimum atomic E-state index is -0.0855. The van der Waals surface area contributed by atoms with Gasteiger partial charge in [-0.2, -0.15) is 0 Å². The summed E-state index contributed by atoms with van der Waals surface area (Å²) in [5.41, 5.74) is 0.251. The number of aliphatic hydroxyl groups excluding tert-OH is 1. The van der Waals surface area contributed by atoms with Crippen molar-refractivity contribution in [1.29, 1.82) is 0 Å². The van der Waals surface area contributed by atoms with E-state index in [9.17, 15) is 5.11 Å². The van der Waals surface area contributed by atoms with Gasteiger partial charge >= 0.3 is 0 Å². The number of hydrogen-bond donors (Lipinski definition) is 1. The largest absolute Gasteiger partial charge is 0.393 e.